The Balaban J connectivity index is 2.01. The molecule has 2 rings (SSSR count). The predicted molar refractivity (Wildman–Crippen MR) is 64.8 cm³/mol. The molecule has 1 aromatic heterocycles. The second-order valence-electron chi connectivity index (χ2n) is 4.27. The molecule has 0 spiro atoms. The highest BCUT2D eigenvalue weighted by Gasteiger charge is 2.11. The molecular weight excluding hydrogens is 236 g/mol. The summed E-state index contributed by atoms with van der Waals surface area (Å²) in [5.41, 5.74) is 6.55. The van der Waals surface area contributed by atoms with E-state index in [1.54, 1.807) is 6.20 Å². The number of imidazole rings is 1. The Morgan fingerprint density at radius 1 is 1.33 bits per heavy atom. The Morgan fingerprint density at radius 2 is 2.11 bits per heavy atom. The Bertz CT molecular complexity index is 537. The number of aromatic nitrogens is 2. The highest BCUT2D eigenvalue weighted by molar-refractivity contribution is 5.21. The molecule has 0 aliphatic carbocycles. The summed E-state index contributed by atoms with van der Waals surface area (Å²) in [5.74, 6) is -0.789. The number of rotatable bonds is 4. The van der Waals surface area contributed by atoms with Crippen molar-refractivity contribution in [2.75, 3.05) is 0 Å². The Morgan fingerprint density at radius 3 is 2.72 bits per heavy atom. The third kappa shape index (κ3) is 2.73. The molecule has 0 aliphatic heterocycles. The molecule has 1 aromatic carbocycles. The molecule has 0 bridgehead atoms. The molecule has 96 valence electrons. The van der Waals surface area contributed by atoms with Gasteiger partial charge in [-0.2, -0.15) is 0 Å². The van der Waals surface area contributed by atoms with Gasteiger partial charge < -0.3 is 10.3 Å². The number of aryl methyl sites for hydroxylation is 2. The van der Waals surface area contributed by atoms with Gasteiger partial charge in [0.2, 0.25) is 0 Å². The van der Waals surface area contributed by atoms with Crippen LogP contribution in [0.4, 0.5) is 8.78 Å². The molecule has 0 fully saturated rings. The zero-order valence-electron chi connectivity index (χ0n) is 10.1. The van der Waals surface area contributed by atoms with Gasteiger partial charge >= 0.3 is 0 Å². The number of nitrogens with two attached hydrogens (primary N) is 1. The van der Waals surface area contributed by atoms with Crippen molar-refractivity contribution in [3.63, 3.8) is 0 Å². The molecule has 5 heteroatoms. The molecule has 1 atom stereocenters. The minimum Gasteiger partial charge on any atom is -0.338 e. The lowest BCUT2D eigenvalue weighted by molar-refractivity contribution is 0.503. The first-order chi connectivity index (χ1) is 8.58. The third-order valence-electron chi connectivity index (χ3n) is 2.97. The topological polar surface area (TPSA) is 43.8 Å². The summed E-state index contributed by atoms with van der Waals surface area (Å²) in [4.78, 5) is 4.19. The van der Waals surface area contributed by atoms with Gasteiger partial charge in [-0.15, -0.1) is 0 Å². The number of hydrogen-bond donors (Lipinski definition) is 1. The van der Waals surface area contributed by atoms with Crippen molar-refractivity contribution in [2.45, 2.75) is 18.9 Å². The van der Waals surface area contributed by atoms with Crippen LogP contribution in [0.1, 0.15) is 23.9 Å². The van der Waals surface area contributed by atoms with Gasteiger partial charge in [-0.25, -0.2) is 13.8 Å². The summed E-state index contributed by atoms with van der Waals surface area (Å²) in [7, 11) is 1.91. The SMILES string of the molecule is Cn1ccnc1CCC(N)c1ccc(F)c(F)c1. The zero-order chi connectivity index (χ0) is 13.1. The summed E-state index contributed by atoms with van der Waals surface area (Å²) in [6, 6.07) is 3.45. The molecule has 2 aromatic rings. The summed E-state index contributed by atoms with van der Waals surface area (Å²) >= 11 is 0. The maximum Gasteiger partial charge on any atom is 0.159 e. The van der Waals surface area contributed by atoms with Crippen LogP contribution in [-0.4, -0.2) is 9.55 Å². The number of halogens is 2. The van der Waals surface area contributed by atoms with Crippen molar-refractivity contribution >= 4 is 0 Å². The van der Waals surface area contributed by atoms with E-state index in [0.717, 1.165) is 18.0 Å². The second-order valence-corrected chi connectivity index (χ2v) is 4.27. The Labute approximate surface area is 104 Å². The largest absolute Gasteiger partial charge is 0.338 e. The van der Waals surface area contributed by atoms with Crippen LogP contribution in [-0.2, 0) is 13.5 Å². The lowest BCUT2D eigenvalue weighted by Crippen LogP contribution is -2.13. The number of hydrogen-bond acceptors (Lipinski definition) is 2. The summed E-state index contributed by atoms with van der Waals surface area (Å²) in [6.45, 7) is 0. The van der Waals surface area contributed by atoms with Gasteiger partial charge in [-0.05, 0) is 24.1 Å². The molecule has 0 amide bonds. The molecular formula is C13H15F2N3. The fourth-order valence-corrected chi connectivity index (χ4v) is 1.83. The maximum absolute atomic E-state index is 13.1. The lowest BCUT2D eigenvalue weighted by Gasteiger charge is -2.12. The van der Waals surface area contributed by atoms with E-state index in [0.29, 0.717) is 18.4 Å². The smallest absolute Gasteiger partial charge is 0.159 e. The average Bonchev–Trinajstić information content (AvgIpc) is 2.75. The summed E-state index contributed by atoms with van der Waals surface area (Å²) < 4.78 is 27.8. The van der Waals surface area contributed by atoms with E-state index in [2.05, 4.69) is 4.98 Å². The maximum atomic E-state index is 13.1. The number of nitrogens with zero attached hydrogens (tertiary/aromatic N) is 2. The first kappa shape index (κ1) is 12.7. The van der Waals surface area contributed by atoms with E-state index in [-0.39, 0.29) is 6.04 Å². The van der Waals surface area contributed by atoms with Gasteiger partial charge in [0.15, 0.2) is 11.6 Å². The number of benzene rings is 1. The highest BCUT2D eigenvalue weighted by atomic mass is 19.2. The summed E-state index contributed by atoms with van der Waals surface area (Å²) in [5, 5.41) is 0. The Hall–Kier alpha value is -1.75. The third-order valence-corrected chi connectivity index (χ3v) is 2.97. The molecule has 1 unspecified atom stereocenters. The molecule has 1 heterocycles. The van der Waals surface area contributed by atoms with E-state index in [1.807, 2.05) is 17.8 Å². The molecule has 0 saturated heterocycles. The van der Waals surface area contributed by atoms with Crippen molar-refractivity contribution < 1.29 is 8.78 Å². The van der Waals surface area contributed by atoms with Gasteiger partial charge in [0.05, 0.1) is 0 Å². The first-order valence-corrected chi connectivity index (χ1v) is 5.74. The average molecular weight is 251 g/mol. The van der Waals surface area contributed by atoms with Gasteiger partial charge in [0.1, 0.15) is 5.82 Å². The molecule has 3 nitrogen and oxygen atoms in total. The van der Waals surface area contributed by atoms with E-state index in [1.165, 1.54) is 6.07 Å². The zero-order valence-corrected chi connectivity index (χ0v) is 10.1. The lowest BCUT2D eigenvalue weighted by atomic mass is 10.0. The van der Waals surface area contributed by atoms with E-state index < -0.39 is 11.6 Å². The van der Waals surface area contributed by atoms with Crippen LogP contribution in [0.25, 0.3) is 0 Å². The van der Waals surface area contributed by atoms with Crippen molar-refractivity contribution in [3.05, 3.63) is 53.6 Å². The molecule has 18 heavy (non-hydrogen) atoms. The van der Waals surface area contributed by atoms with Crippen molar-refractivity contribution in [1.29, 1.82) is 0 Å². The predicted octanol–water partition coefficient (Wildman–Crippen LogP) is 2.33. The van der Waals surface area contributed by atoms with Crippen molar-refractivity contribution in [1.82, 2.24) is 9.55 Å². The standard InChI is InChI=1S/C13H15F2N3/c1-18-7-6-17-13(18)5-4-12(16)9-2-3-10(14)11(15)8-9/h2-3,6-8,12H,4-5,16H2,1H3. The van der Waals surface area contributed by atoms with Crippen molar-refractivity contribution in [2.24, 2.45) is 12.8 Å². The van der Waals surface area contributed by atoms with Crippen molar-refractivity contribution in [3.8, 4) is 0 Å². The van der Waals surface area contributed by atoms with E-state index in [4.69, 9.17) is 5.73 Å². The van der Waals surface area contributed by atoms with Crippen LogP contribution in [0.2, 0.25) is 0 Å². The van der Waals surface area contributed by atoms with Crippen LogP contribution < -0.4 is 5.73 Å². The van der Waals surface area contributed by atoms with Gasteiger partial charge in [0, 0.05) is 31.9 Å². The van der Waals surface area contributed by atoms with Gasteiger partial charge in [-0.3, -0.25) is 0 Å². The molecule has 0 aliphatic rings. The molecule has 0 radical (unpaired) electrons. The van der Waals surface area contributed by atoms with E-state index >= 15 is 0 Å². The van der Waals surface area contributed by atoms with E-state index in [9.17, 15) is 8.78 Å². The minimum absolute atomic E-state index is 0.322. The normalized spacial score (nSPS) is 12.7. The van der Waals surface area contributed by atoms with Crippen LogP contribution in [0.5, 0.6) is 0 Å². The van der Waals surface area contributed by atoms with Gasteiger partial charge in [0.25, 0.3) is 0 Å². The van der Waals surface area contributed by atoms with Gasteiger partial charge in [-0.1, -0.05) is 6.07 Å². The molecule has 2 N–H and O–H groups in total. The fourth-order valence-electron chi connectivity index (χ4n) is 1.83. The first-order valence-electron chi connectivity index (χ1n) is 5.74. The van der Waals surface area contributed by atoms with Crippen LogP contribution >= 0.6 is 0 Å². The summed E-state index contributed by atoms with van der Waals surface area (Å²) in [6.07, 6.45) is 4.91. The van der Waals surface area contributed by atoms with Crippen LogP contribution in [0, 0.1) is 11.6 Å². The highest BCUT2D eigenvalue weighted by Crippen LogP contribution is 2.18. The van der Waals surface area contributed by atoms with Crippen LogP contribution in [0.15, 0.2) is 30.6 Å². The second kappa shape index (κ2) is 5.27. The quantitative estimate of drug-likeness (QED) is 0.906. The minimum atomic E-state index is -0.861. The van der Waals surface area contributed by atoms with Crippen LogP contribution in [0.3, 0.4) is 0 Å². The monoisotopic (exact) mass is 251 g/mol. The Kier molecular flexibility index (Phi) is 3.72. The molecule has 0 saturated carbocycles. The fraction of sp³-hybridized carbons (Fsp3) is 0.308.